The lowest BCUT2D eigenvalue weighted by molar-refractivity contribution is 0.0693. The van der Waals surface area contributed by atoms with E-state index in [0.717, 1.165) is 11.3 Å². The molecule has 1 N–H and O–H groups in total. The molecular formula is C33H27NO6. The van der Waals surface area contributed by atoms with Gasteiger partial charge in [0.25, 0.3) is 0 Å². The van der Waals surface area contributed by atoms with Gasteiger partial charge in [0.15, 0.2) is 0 Å². The summed E-state index contributed by atoms with van der Waals surface area (Å²) in [6, 6.07) is 35.0. The van der Waals surface area contributed by atoms with Gasteiger partial charge in [0.2, 0.25) is 0 Å². The molecule has 0 fully saturated rings. The number of hydrogen-bond acceptors (Lipinski definition) is 6. The zero-order chi connectivity index (χ0) is 27.7. The molecule has 0 atom stereocenters. The minimum atomic E-state index is -1.09. The van der Waals surface area contributed by atoms with Crippen molar-refractivity contribution in [1.29, 1.82) is 0 Å². The number of hydrogen-bond donors (Lipinski definition) is 1. The summed E-state index contributed by atoms with van der Waals surface area (Å²) in [6.07, 6.45) is 0. The Hall–Kier alpha value is -5.30. The van der Waals surface area contributed by atoms with Gasteiger partial charge in [-0.15, -0.1) is 0 Å². The first-order valence-electron chi connectivity index (χ1n) is 12.6. The second-order valence-electron chi connectivity index (χ2n) is 8.81. The highest BCUT2D eigenvalue weighted by Gasteiger charge is 2.17. The van der Waals surface area contributed by atoms with Gasteiger partial charge < -0.3 is 24.1 Å². The maximum atomic E-state index is 12.0. The lowest BCUT2D eigenvalue weighted by Gasteiger charge is -2.15. The smallest absolute Gasteiger partial charge is 0.337 e. The highest BCUT2D eigenvalue weighted by molar-refractivity contribution is 5.89. The van der Waals surface area contributed by atoms with Crippen LogP contribution >= 0.6 is 0 Å². The van der Waals surface area contributed by atoms with Crippen LogP contribution in [-0.2, 0) is 13.2 Å². The molecule has 7 nitrogen and oxygen atoms in total. The Morgan fingerprint density at radius 1 is 0.700 bits per heavy atom. The summed E-state index contributed by atoms with van der Waals surface area (Å²) >= 11 is 0. The van der Waals surface area contributed by atoms with Gasteiger partial charge in [0.05, 0.1) is 24.1 Å². The molecule has 0 spiro atoms. The van der Waals surface area contributed by atoms with Crippen molar-refractivity contribution in [2.24, 2.45) is 0 Å². The van der Waals surface area contributed by atoms with Crippen molar-refractivity contribution in [3.8, 4) is 40.0 Å². The van der Waals surface area contributed by atoms with E-state index in [0.29, 0.717) is 40.9 Å². The summed E-state index contributed by atoms with van der Waals surface area (Å²) in [5.41, 5.74) is 2.58. The van der Waals surface area contributed by atoms with E-state index < -0.39 is 5.97 Å². The van der Waals surface area contributed by atoms with Gasteiger partial charge in [0, 0.05) is 5.56 Å². The second-order valence-corrected chi connectivity index (χ2v) is 8.81. The van der Waals surface area contributed by atoms with Gasteiger partial charge in [-0.2, -0.15) is 0 Å². The molecule has 5 rings (SSSR count). The van der Waals surface area contributed by atoms with Crippen molar-refractivity contribution < 1.29 is 28.8 Å². The predicted octanol–water partition coefficient (Wildman–Crippen LogP) is 7.41. The molecule has 4 aromatic carbocycles. The van der Waals surface area contributed by atoms with Crippen LogP contribution in [0, 0.1) is 0 Å². The number of carbonyl (C=O) groups is 1. The van der Waals surface area contributed by atoms with E-state index in [1.54, 1.807) is 37.4 Å². The zero-order valence-electron chi connectivity index (χ0n) is 21.8. The fourth-order valence-corrected chi connectivity index (χ4v) is 4.03. The molecule has 1 aromatic heterocycles. The van der Waals surface area contributed by atoms with E-state index >= 15 is 0 Å². The number of nitrogens with zero attached hydrogens (tertiary/aromatic N) is 1. The Morgan fingerprint density at radius 3 is 2.05 bits per heavy atom. The van der Waals surface area contributed by atoms with Crippen LogP contribution in [0.15, 0.2) is 115 Å². The quantitative estimate of drug-likeness (QED) is 0.189. The van der Waals surface area contributed by atoms with Gasteiger partial charge in [-0.25, -0.2) is 9.78 Å². The van der Waals surface area contributed by atoms with Crippen LogP contribution in [0.3, 0.4) is 0 Å². The monoisotopic (exact) mass is 533 g/mol. The van der Waals surface area contributed by atoms with Gasteiger partial charge in [-0.1, -0.05) is 48.5 Å². The van der Waals surface area contributed by atoms with E-state index in [1.807, 2.05) is 78.9 Å². The normalized spacial score (nSPS) is 10.5. The number of benzene rings is 4. The number of pyridine rings is 1. The van der Waals surface area contributed by atoms with Crippen molar-refractivity contribution in [3.63, 3.8) is 0 Å². The molecular weight excluding hydrogens is 506 g/mol. The van der Waals surface area contributed by atoms with Gasteiger partial charge in [0.1, 0.15) is 42.0 Å². The van der Waals surface area contributed by atoms with Crippen molar-refractivity contribution in [2.45, 2.75) is 13.2 Å². The molecule has 7 heteroatoms. The maximum absolute atomic E-state index is 12.0. The Labute approximate surface area is 232 Å². The minimum Gasteiger partial charge on any atom is -0.497 e. The van der Waals surface area contributed by atoms with E-state index in [1.165, 1.54) is 6.07 Å². The number of aromatic nitrogens is 1. The lowest BCUT2D eigenvalue weighted by atomic mass is 10.1. The molecule has 0 saturated carbocycles. The molecule has 1 heterocycles. The van der Waals surface area contributed by atoms with Crippen molar-refractivity contribution in [3.05, 3.63) is 132 Å². The third kappa shape index (κ3) is 6.57. The first-order chi connectivity index (χ1) is 19.6. The molecule has 200 valence electrons. The molecule has 0 unspecified atom stereocenters. The zero-order valence-corrected chi connectivity index (χ0v) is 21.8. The summed E-state index contributed by atoms with van der Waals surface area (Å²) in [6.45, 7) is 0.325. The third-order valence-electron chi connectivity index (χ3n) is 6.08. The summed E-state index contributed by atoms with van der Waals surface area (Å²) < 4.78 is 23.3. The Balaban J connectivity index is 1.37. The largest absolute Gasteiger partial charge is 0.497 e. The molecule has 0 amide bonds. The Morgan fingerprint density at radius 2 is 1.35 bits per heavy atom. The number of methoxy groups -OCH3 is 1. The number of aromatic carboxylic acids is 1. The standard InChI is InChI=1S/C33H27NO6/c1-37-27-16-19-32(39-21-23-8-4-2-5-9-23)29(20-27)30-18-17-28(33(35)36)31(34-30)22-38-24-12-14-26(15-13-24)40-25-10-6-3-7-11-25/h2-20H,21-22H2,1H3,(H,35,36). The van der Waals surface area contributed by atoms with E-state index in [4.69, 9.17) is 18.9 Å². The number of rotatable bonds is 11. The van der Waals surface area contributed by atoms with Crippen LogP contribution in [0.25, 0.3) is 11.3 Å². The average Bonchev–Trinajstić information content (AvgIpc) is 3.00. The molecule has 0 bridgehead atoms. The van der Waals surface area contributed by atoms with Crippen molar-refractivity contribution in [1.82, 2.24) is 4.98 Å². The number of ether oxygens (including phenoxy) is 4. The molecule has 0 aliphatic carbocycles. The topological polar surface area (TPSA) is 87.1 Å². The molecule has 40 heavy (non-hydrogen) atoms. The first-order valence-corrected chi connectivity index (χ1v) is 12.6. The van der Waals surface area contributed by atoms with E-state index in [9.17, 15) is 9.90 Å². The first kappa shape index (κ1) is 26.3. The highest BCUT2D eigenvalue weighted by Crippen LogP contribution is 2.34. The summed E-state index contributed by atoms with van der Waals surface area (Å²) in [5, 5.41) is 9.79. The SMILES string of the molecule is COc1ccc(OCc2ccccc2)c(-c2ccc(C(=O)O)c(COc3ccc(Oc4ccccc4)cc3)n2)c1. The molecule has 5 aromatic rings. The van der Waals surface area contributed by atoms with Crippen LogP contribution < -0.4 is 18.9 Å². The fourth-order valence-electron chi connectivity index (χ4n) is 4.03. The average molecular weight is 534 g/mol. The van der Waals surface area contributed by atoms with Crippen molar-refractivity contribution >= 4 is 5.97 Å². The molecule has 0 aliphatic rings. The van der Waals surface area contributed by atoms with Crippen molar-refractivity contribution in [2.75, 3.05) is 7.11 Å². The van der Waals surface area contributed by atoms with Gasteiger partial charge in [-0.3, -0.25) is 0 Å². The molecule has 0 aliphatic heterocycles. The lowest BCUT2D eigenvalue weighted by Crippen LogP contribution is -2.09. The van der Waals surface area contributed by atoms with Crippen LogP contribution in [0.5, 0.6) is 28.7 Å². The molecule has 0 saturated heterocycles. The van der Waals surface area contributed by atoms with E-state index in [-0.39, 0.29) is 17.9 Å². The Bertz CT molecular complexity index is 1570. The number of para-hydroxylation sites is 1. The number of carboxylic acids is 1. The summed E-state index contributed by atoms with van der Waals surface area (Å²) in [7, 11) is 1.58. The van der Waals surface area contributed by atoms with Crippen LogP contribution in [0.1, 0.15) is 21.6 Å². The van der Waals surface area contributed by atoms with Gasteiger partial charge >= 0.3 is 5.97 Å². The van der Waals surface area contributed by atoms with Gasteiger partial charge in [-0.05, 0) is 72.3 Å². The fraction of sp³-hybridized carbons (Fsp3) is 0.0909. The summed E-state index contributed by atoms with van der Waals surface area (Å²) in [4.78, 5) is 16.6. The van der Waals surface area contributed by atoms with Crippen LogP contribution in [0.4, 0.5) is 0 Å². The van der Waals surface area contributed by atoms with E-state index in [2.05, 4.69) is 4.98 Å². The summed E-state index contributed by atoms with van der Waals surface area (Å²) in [5.74, 6) is 2.08. The predicted molar refractivity (Wildman–Crippen MR) is 151 cm³/mol. The third-order valence-corrected chi connectivity index (χ3v) is 6.08. The second kappa shape index (κ2) is 12.5. The number of carboxylic acid groups (broad SMARTS) is 1. The Kier molecular flexibility index (Phi) is 8.22. The van der Waals surface area contributed by atoms with Crippen LogP contribution in [-0.4, -0.2) is 23.2 Å². The maximum Gasteiger partial charge on any atom is 0.337 e. The highest BCUT2D eigenvalue weighted by atomic mass is 16.5. The molecule has 0 radical (unpaired) electrons. The van der Waals surface area contributed by atoms with Crippen LogP contribution in [0.2, 0.25) is 0 Å². The minimum absolute atomic E-state index is 0.0431.